The van der Waals surface area contributed by atoms with Crippen LogP contribution in [0, 0.1) is 0 Å². The number of amides is 2. The molecular weight excluding hydrogens is 288 g/mol. The second kappa shape index (κ2) is 7.03. The summed E-state index contributed by atoms with van der Waals surface area (Å²) in [6, 6.07) is 6.83. The van der Waals surface area contributed by atoms with Crippen molar-refractivity contribution in [2.24, 2.45) is 0 Å². The van der Waals surface area contributed by atoms with Crippen LogP contribution < -0.4 is 10.6 Å². The fourth-order valence-electron chi connectivity index (χ4n) is 1.16. The maximum atomic E-state index is 11.2. The van der Waals surface area contributed by atoms with E-state index in [1.165, 1.54) is 7.11 Å². The summed E-state index contributed by atoms with van der Waals surface area (Å²) in [4.78, 5) is 22.3. The van der Waals surface area contributed by atoms with Crippen LogP contribution in [-0.4, -0.2) is 30.9 Å². The number of hydrogen-bond donors (Lipinski definition) is 2. The van der Waals surface area contributed by atoms with Gasteiger partial charge in [0, 0.05) is 18.5 Å². The highest BCUT2D eigenvalue weighted by atomic mass is 79.9. The monoisotopic (exact) mass is 300 g/mol. The lowest BCUT2D eigenvalue weighted by atomic mass is 10.2. The third-order valence-electron chi connectivity index (χ3n) is 1.85. The summed E-state index contributed by atoms with van der Waals surface area (Å²) in [5.41, 5.74) is 1.34. The first kappa shape index (κ1) is 13.7. The number of methoxy groups -OCH3 is 1. The zero-order chi connectivity index (χ0) is 12.7. The number of hydrogen-bond acceptors (Lipinski definition) is 3. The lowest BCUT2D eigenvalue weighted by molar-refractivity contribution is -0.119. The van der Waals surface area contributed by atoms with Gasteiger partial charge in [-0.05, 0) is 24.3 Å². The van der Waals surface area contributed by atoms with Crippen molar-refractivity contribution in [1.82, 2.24) is 0 Å². The minimum atomic E-state index is -0.218. The summed E-state index contributed by atoms with van der Waals surface area (Å²) < 4.78 is 4.69. The number of benzene rings is 1. The largest absolute Gasteiger partial charge is 0.375 e. The van der Waals surface area contributed by atoms with Gasteiger partial charge in [0.15, 0.2) is 0 Å². The van der Waals surface area contributed by atoms with E-state index in [0.717, 1.165) is 0 Å². The van der Waals surface area contributed by atoms with Crippen LogP contribution in [0.3, 0.4) is 0 Å². The molecular formula is C11H13BrN2O3. The molecule has 0 heterocycles. The first-order valence-corrected chi connectivity index (χ1v) is 6.02. The van der Waals surface area contributed by atoms with Gasteiger partial charge in [0.05, 0.1) is 5.33 Å². The summed E-state index contributed by atoms with van der Waals surface area (Å²) in [5.74, 6) is -0.342. The standard InChI is InChI=1S/C11H13BrN2O3/c1-17-7-11(16)14-9-4-2-8(3-5-9)13-10(15)6-12/h2-5H,6-7H2,1H3,(H,13,15)(H,14,16). The van der Waals surface area contributed by atoms with Gasteiger partial charge >= 0.3 is 0 Å². The van der Waals surface area contributed by atoms with Gasteiger partial charge in [-0.2, -0.15) is 0 Å². The van der Waals surface area contributed by atoms with Crippen molar-refractivity contribution in [3.63, 3.8) is 0 Å². The highest BCUT2D eigenvalue weighted by Crippen LogP contribution is 2.13. The summed E-state index contributed by atoms with van der Waals surface area (Å²) in [6.45, 7) is 0.0159. The molecule has 0 fully saturated rings. The van der Waals surface area contributed by atoms with E-state index in [0.29, 0.717) is 11.4 Å². The third kappa shape index (κ3) is 4.97. The Morgan fingerprint density at radius 3 is 2.00 bits per heavy atom. The maximum Gasteiger partial charge on any atom is 0.250 e. The number of alkyl halides is 1. The summed E-state index contributed by atoms with van der Waals surface area (Å²) in [6.07, 6.45) is 0. The minimum absolute atomic E-state index is 0.0159. The average Bonchev–Trinajstić information content (AvgIpc) is 2.32. The molecule has 5 nitrogen and oxygen atoms in total. The molecule has 0 saturated heterocycles. The Morgan fingerprint density at radius 2 is 1.59 bits per heavy atom. The number of carbonyl (C=O) groups is 2. The average molecular weight is 301 g/mol. The van der Waals surface area contributed by atoms with Gasteiger partial charge in [-0.1, -0.05) is 15.9 Å². The van der Waals surface area contributed by atoms with Crippen molar-refractivity contribution >= 4 is 39.1 Å². The summed E-state index contributed by atoms with van der Waals surface area (Å²) >= 11 is 3.05. The van der Waals surface area contributed by atoms with E-state index in [1.807, 2.05) is 0 Å². The molecule has 0 atom stereocenters. The summed E-state index contributed by atoms with van der Waals surface area (Å²) in [5, 5.41) is 5.57. The zero-order valence-electron chi connectivity index (χ0n) is 9.33. The zero-order valence-corrected chi connectivity index (χ0v) is 10.9. The van der Waals surface area contributed by atoms with E-state index in [-0.39, 0.29) is 23.8 Å². The molecule has 1 aromatic carbocycles. The van der Waals surface area contributed by atoms with Gasteiger partial charge in [0.1, 0.15) is 6.61 Å². The van der Waals surface area contributed by atoms with Crippen molar-refractivity contribution in [2.45, 2.75) is 0 Å². The Balaban J connectivity index is 2.55. The molecule has 0 unspecified atom stereocenters. The van der Waals surface area contributed by atoms with Crippen LogP contribution in [0.25, 0.3) is 0 Å². The Bertz CT molecular complexity index is 392. The van der Waals surface area contributed by atoms with Crippen LogP contribution in [0.4, 0.5) is 11.4 Å². The second-order valence-electron chi connectivity index (χ2n) is 3.24. The molecule has 17 heavy (non-hydrogen) atoms. The smallest absolute Gasteiger partial charge is 0.250 e. The van der Waals surface area contributed by atoms with Gasteiger partial charge in [-0.3, -0.25) is 9.59 Å². The number of nitrogens with one attached hydrogen (secondary N) is 2. The van der Waals surface area contributed by atoms with E-state index in [1.54, 1.807) is 24.3 Å². The fourth-order valence-corrected chi connectivity index (χ4v) is 1.30. The van der Waals surface area contributed by atoms with Crippen molar-refractivity contribution in [2.75, 3.05) is 29.7 Å². The molecule has 0 aliphatic carbocycles. The highest BCUT2D eigenvalue weighted by Gasteiger charge is 2.02. The molecule has 1 rings (SSSR count). The molecule has 0 aliphatic rings. The van der Waals surface area contributed by atoms with Gasteiger partial charge in [-0.15, -0.1) is 0 Å². The lowest BCUT2D eigenvalue weighted by Crippen LogP contribution is -2.17. The Labute approximate surface area is 108 Å². The number of halogens is 1. The third-order valence-corrected chi connectivity index (χ3v) is 2.36. The first-order valence-electron chi connectivity index (χ1n) is 4.90. The molecule has 2 amide bonds. The van der Waals surface area contributed by atoms with Crippen molar-refractivity contribution < 1.29 is 14.3 Å². The molecule has 0 spiro atoms. The normalized spacial score (nSPS) is 9.76. The quantitative estimate of drug-likeness (QED) is 0.812. The van der Waals surface area contributed by atoms with E-state index < -0.39 is 0 Å². The number of rotatable bonds is 5. The van der Waals surface area contributed by atoms with Gasteiger partial charge in [0.25, 0.3) is 0 Å². The van der Waals surface area contributed by atoms with E-state index >= 15 is 0 Å². The molecule has 2 N–H and O–H groups in total. The van der Waals surface area contributed by atoms with Gasteiger partial charge < -0.3 is 15.4 Å². The SMILES string of the molecule is COCC(=O)Nc1ccc(NC(=O)CBr)cc1. The van der Waals surface area contributed by atoms with E-state index in [4.69, 9.17) is 4.74 Å². The summed E-state index contributed by atoms with van der Waals surface area (Å²) in [7, 11) is 1.46. The van der Waals surface area contributed by atoms with Crippen LogP contribution in [0.2, 0.25) is 0 Å². The molecule has 0 aliphatic heterocycles. The van der Waals surface area contributed by atoms with Crippen LogP contribution in [0.5, 0.6) is 0 Å². The lowest BCUT2D eigenvalue weighted by Gasteiger charge is -2.06. The Hall–Kier alpha value is -1.40. The number of anilines is 2. The highest BCUT2D eigenvalue weighted by molar-refractivity contribution is 9.09. The molecule has 1 aromatic rings. The van der Waals surface area contributed by atoms with Crippen LogP contribution in [0.1, 0.15) is 0 Å². The van der Waals surface area contributed by atoms with Gasteiger partial charge in [-0.25, -0.2) is 0 Å². The molecule has 0 saturated carbocycles. The predicted octanol–water partition coefficient (Wildman–Crippen LogP) is 1.60. The predicted molar refractivity (Wildman–Crippen MR) is 69.4 cm³/mol. The molecule has 0 radical (unpaired) electrons. The molecule has 0 bridgehead atoms. The van der Waals surface area contributed by atoms with Gasteiger partial charge in [0.2, 0.25) is 11.8 Å². The Kier molecular flexibility index (Phi) is 5.65. The topological polar surface area (TPSA) is 67.4 Å². The molecule has 92 valence electrons. The molecule has 6 heteroatoms. The number of carbonyl (C=O) groups excluding carboxylic acids is 2. The van der Waals surface area contributed by atoms with Crippen LogP contribution >= 0.6 is 15.9 Å². The van der Waals surface area contributed by atoms with Crippen molar-refractivity contribution in [3.8, 4) is 0 Å². The maximum absolute atomic E-state index is 11.2. The molecule has 0 aromatic heterocycles. The second-order valence-corrected chi connectivity index (χ2v) is 3.80. The van der Waals surface area contributed by atoms with Crippen molar-refractivity contribution in [3.05, 3.63) is 24.3 Å². The number of ether oxygens (including phenoxy) is 1. The van der Waals surface area contributed by atoms with E-state index in [9.17, 15) is 9.59 Å². The minimum Gasteiger partial charge on any atom is -0.375 e. The first-order chi connectivity index (χ1) is 8.15. The van der Waals surface area contributed by atoms with Crippen LogP contribution in [-0.2, 0) is 14.3 Å². The van der Waals surface area contributed by atoms with Crippen LogP contribution in [0.15, 0.2) is 24.3 Å². The van der Waals surface area contributed by atoms with Crippen molar-refractivity contribution in [1.29, 1.82) is 0 Å². The van der Waals surface area contributed by atoms with E-state index in [2.05, 4.69) is 26.6 Å². The Morgan fingerprint density at radius 1 is 1.12 bits per heavy atom. The fraction of sp³-hybridized carbons (Fsp3) is 0.273.